The van der Waals surface area contributed by atoms with Gasteiger partial charge < -0.3 is 5.32 Å². The van der Waals surface area contributed by atoms with Crippen LogP contribution in [0.4, 0.5) is 10.1 Å². The molecule has 0 radical (unpaired) electrons. The topological polar surface area (TPSA) is 53.6 Å². The number of aryl methyl sites for hydroxylation is 2. The van der Waals surface area contributed by atoms with E-state index in [1.54, 1.807) is 16.8 Å². The molecule has 1 aromatic carbocycles. The second kappa shape index (κ2) is 5.53. The molecule has 0 saturated carbocycles. The van der Waals surface area contributed by atoms with Gasteiger partial charge in [-0.05, 0) is 24.1 Å². The van der Waals surface area contributed by atoms with E-state index in [9.17, 15) is 4.39 Å². The normalized spacial score (nSPS) is 10.2. The fourth-order valence-electron chi connectivity index (χ4n) is 1.91. The van der Waals surface area contributed by atoms with Crippen LogP contribution in [-0.2, 0) is 20.0 Å². The van der Waals surface area contributed by atoms with Crippen LogP contribution in [0.1, 0.15) is 23.7 Å². The van der Waals surface area contributed by atoms with Gasteiger partial charge in [-0.3, -0.25) is 4.68 Å². The Bertz CT molecular complexity index is 625. The highest BCUT2D eigenvalue weighted by atomic mass is 19.1. The van der Waals surface area contributed by atoms with Crippen LogP contribution in [-0.4, -0.2) is 9.78 Å². The van der Waals surface area contributed by atoms with E-state index in [0.29, 0.717) is 6.54 Å². The van der Waals surface area contributed by atoms with Gasteiger partial charge in [-0.2, -0.15) is 10.4 Å². The Balaban J connectivity index is 2.12. The quantitative estimate of drug-likeness (QED) is 0.917. The van der Waals surface area contributed by atoms with Crippen molar-refractivity contribution in [3.8, 4) is 6.07 Å². The minimum Gasteiger partial charge on any atom is -0.378 e. The van der Waals surface area contributed by atoms with Crippen molar-refractivity contribution in [2.24, 2.45) is 7.05 Å². The molecular weight excluding hydrogens is 243 g/mol. The molecule has 98 valence electrons. The summed E-state index contributed by atoms with van der Waals surface area (Å²) in [4.78, 5) is 0. The Kier molecular flexibility index (Phi) is 3.81. The van der Waals surface area contributed by atoms with Crippen LogP contribution in [0.25, 0.3) is 0 Å². The lowest BCUT2D eigenvalue weighted by Crippen LogP contribution is -2.01. The zero-order valence-corrected chi connectivity index (χ0v) is 10.9. The molecule has 5 heteroatoms. The molecule has 0 unspecified atom stereocenters. The summed E-state index contributed by atoms with van der Waals surface area (Å²) in [5.74, 6) is -0.484. The molecular formula is C14H15FN4. The van der Waals surface area contributed by atoms with Gasteiger partial charge in [-0.15, -0.1) is 0 Å². The first-order chi connectivity index (χ1) is 9.13. The average molecular weight is 258 g/mol. The van der Waals surface area contributed by atoms with Crippen molar-refractivity contribution in [1.29, 1.82) is 5.26 Å². The standard InChI is InChI=1S/C14H15FN4/c1-3-13-14(9-19(2)18-13)17-8-10-4-5-12(15)11(6-10)7-16/h4-6,9,17H,3,8H2,1-2H3. The van der Waals surface area contributed by atoms with Crippen molar-refractivity contribution >= 4 is 5.69 Å². The van der Waals surface area contributed by atoms with Crippen LogP contribution in [0.2, 0.25) is 0 Å². The zero-order chi connectivity index (χ0) is 13.8. The molecule has 0 spiro atoms. The largest absolute Gasteiger partial charge is 0.378 e. The van der Waals surface area contributed by atoms with Crippen LogP contribution in [0.15, 0.2) is 24.4 Å². The molecule has 1 heterocycles. The number of hydrogen-bond donors (Lipinski definition) is 1. The summed E-state index contributed by atoms with van der Waals surface area (Å²) < 4.78 is 15.0. The zero-order valence-electron chi connectivity index (χ0n) is 10.9. The summed E-state index contributed by atoms with van der Waals surface area (Å²) in [6.45, 7) is 2.58. The van der Waals surface area contributed by atoms with Crippen molar-refractivity contribution in [1.82, 2.24) is 9.78 Å². The third-order valence-corrected chi connectivity index (χ3v) is 2.87. The summed E-state index contributed by atoms with van der Waals surface area (Å²) in [7, 11) is 1.87. The molecule has 0 amide bonds. The molecule has 0 fully saturated rings. The molecule has 1 N–H and O–H groups in total. The molecule has 0 aliphatic rings. The van der Waals surface area contributed by atoms with Crippen LogP contribution in [0, 0.1) is 17.1 Å². The SMILES string of the molecule is CCc1nn(C)cc1NCc1ccc(F)c(C#N)c1. The monoisotopic (exact) mass is 258 g/mol. The van der Waals surface area contributed by atoms with E-state index in [4.69, 9.17) is 5.26 Å². The number of nitrogens with one attached hydrogen (secondary N) is 1. The van der Waals surface area contributed by atoms with Gasteiger partial charge in [0.25, 0.3) is 0 Å². The molecule has 1 aromatic heterocycles. The smallest absolute Gasteiger partial charge is 0.140 e. The highest BCUT2D eigenvalue weighted by Gasteiger charge is 2.06. The van der Waals surface area contributed by atoms with Gasteiger partial charge in [0, 0.05) is 19.8 Å². The van der Waals surface area contributed by atoms with E-state index in [0.717, 1.165) is 23.4 Å². The first kappa shape index (κ1) is 13.1. The van der Waals surface area contributed by atoms with E-state index in [2.05, 4.69) is 10.4 Å². The lowest BCUT2D eigenvalue weighted by atomic mass is 10.1. The highest BCUT2D eigenvalue weighted by Crippen LogP contribution is 2.16. The summed E-state index contributed by atoms with van der Waals surface area (Å²) in [5.41, 5.74) is 2.89. The summed E-state index contributed by atoms with van der Waals surface area (Å²) in [6.07, 6.45) is 2.75. The minimum absolute atomic E-state index is 0.0706. The van der Waals surface area contributed by atoms with Crippen molar-refractivity contribution in [2.75, 3.05) is 5.32 Å². The van der Waals surface area contributed by atoms with Gasteiger partial charge in [-0.25, -0.2) is 4.39 Å². The second-order valence-corrected chi connectivity index (χ2v) is 4.30. The van der Waals surface area contributed by atoms with Crippen molar-refractivity contribution in [3.63, 3.8) is 0 Å². The number of halogens is 1. The van der Waals surface area contributed by atoms with Gasteiger partial charge in [-0.1, -0.05) is 13.0 Å². The molecule has 0 atom stereocenters. The molecule has 0 bridgehead atoms. The predicted molar refractivity (Wildman–Crippen MR) is 71.0 cm³/mol. The maximum atomic E-state index is 13.2. The first-order valence-electron chi connectivity index (χ1n) is 6.09. The van der Waals surface area contributed by atoms with Crippen molar-refractivity contribution in [3.05, 3.63) is 47.0 Å². The van der Waals surface area contributed by atoms with Crippen molar-refractivity contribution in [2.45, 2.75) is 19.9 Å². The van der Waals surface area contributed by atoms with Crippen LogP contribution in [0.5, 0.6) is 0 Å². The van der Waals surface area contributed by atoms with Gasteiger partial charge in [0.05, 0.1) is 16.9 Å². The van der Waals surface area contributed by atoms with E-state index < -0.39 is 5.82 Å². The first-order valence-corrected chi connectivity index (χ1v) is 6.09. The minimum atomic E-state index is -0.484. The number of hydrogen-bond acceptors (Lipinski definition) is 3. The molecule has 4 nitrogen and oxygen atoms in total. The van der Waals surface area contributed by atoms with E-state index >= 15 is 0 Å². The summed E-state index contributed by atoms with van der Waals surface area (Å²) in [5, 5.41) is 16.4. The van der Waals surface area contributed by atoms with Gasteiger partial charge in [0.2, 0.25) is 0 Å². The predicted octanol–water partition coefficient (Wildman–Crippen LogP) is 2.61. The fraction of sp³-hybridized carbons (Fsp3) is 0.286. The average Bonchev–Trinajstić information content (AvgIpc) is 2.78. The number of benzene rings is 1. The number of rotatable bonds is 4. The van der Waals surface area contributed by atoms with Crippen LogP contribution in [0.3, 0.4) is 0 Å². The van der Waals surface area contributed by atoms with Crippen LogP contribution >= 0.6 is 0 Å². The molecule has 19 heavy (non-hydrogen) atoms. The van der Waals surface area contributed by atoms with Gasteiger partial charge >= 0.3 is 0 Å². The lowest BCUT2D eigenvalue weighted by molar-refractivity contribution is 0.623. The number of nitriles is 1. The maximum absolute atomic E-state index is 13.2. The third kappa shape index (κ3) is 2.91. The number of anilines is 1. The maximum Gasteiger partial charge on any atom is 0.140 e. The van der Waals surface area contributed by atoms with Crippen LogP contribution < -0.4 is 5.32 Å². The Labute approximate surface area is 111 Å². The lowest BCUT2D eigenvalue weighted by Gasteiger charge is -2.06. The molecule has 0 aliphatic carbocycles. The molecule has 2 aromatic rings. The van der Waals surface area contributed by atoms with Crippen molar-refractivity contribution < 1.29 is 4.39 Å². The van der Waals surface area contributed by atoms with Gasteiger partial charge in [0.15, 0.2) is 0 Å². The van der Waals surface area contributed by atoms with E-state index in [1.807, 2.05) is 26.2 Å². The number of aromatic nitrogens is 2. The number of nitrogens with zero attached hydrogens (tertiary/aromatic N) is 3. The molecule has 2 rings (SSSR count). The summed E-state index contributed by atoms with van der Waals surface area (Å²) >= 11 is 0. The third-order valence-electron chi connectivity index (χ3n) is 2.87. The van der Waals surface area contributed by atoms with Gasteiger partial charge in [0.1, 0.15) is 11.9 Å². The Morgan fingerprint density at radius 2 is 2.26 bits per heavy atom. The summed E-state index contributed by atoms with van der Waals surface area (Å²) in [6, 6.07) is 6.39. The molecule has 0 saturated heterocycles. The van der Waals surface area contributed by atoms with E-state index in [-0.39, 0.29) is 5.56 Å². The Morgan fingerprint density at radius 3 is 2.95 bits per heavy atom. The van der Waals surface area contributed by atoms with E-state index in [1.165, 1.54) is 6.07 Å². The fourth-order valence-corrected chi connectivity index (χ4v) is 1.91. The Morgan fingerprint density at radius 1 is 1.47 bits per heavy atom. The Hall–Kier alpha value is -2.35. The second-order valence-electron chi connectivity index (χ2n) is 4.30. The molecule has 0 aliphatic heterocycles. The highest BCUT2D eigenvalue weighted by molar-refractivity contribution is 5.47.